The number of rotatable bonds is 9. The fraction of sp³-hybridized carbons (Fsp3) is 0.140. The Labute approximate surface area is 329 Å². The molecule has 3 heterocycles. The van der Waals surface area contributed by atoms with E-state index in [0.717, 1.165) is 54.3 Å². The van der Waals surface area contributed by atoms with Gasteiger partial charge in [0.25, 0.3) is 0 Å². The topological polar surface area (TPSA) is 31.5 Å². The Morgan fingerprint density at radius 3 is 1.89 bits per heavy atom. The van der Waals surface area contributed by atoms with E-state index in [2.05, 4.69) is 130 Å². The Hall–Kier alpha value is -6.17. The first kappa shape index (κ1) is 29.2. The molecule has 0 radical (unpaired) electrons. The summed E-state index contributed by atoms with van der Waals surface area (Å²) in [5.41, 5.74) is 4.41. The monoisotopic (exact) mass is 733 g/mol. The van der Waals surface area contributed by atoms with Crippen LogP contribution in [0.3, 0.4) is 0 Å². The Balaban J connectivity index is 1.34. The van der Waals surface area contributed by atoms with Crippen LogP contribution < -0.4 is 25.5 Å². The number of para-hydroxylation sites is 6. The molecule has 0 amide bonds. The summed E-state index contributed by atoms with van der Waals surface area (Å²) in [7, 11) is -3.42. The van der Waals surface area contributed by atoms with Crippen molar-refractivity contribution in [3.05, 3.63) is 187 Å². The normalized spacial score (nSPS) is 15.1. The molecule has 0 fully saturated rings. The lowest BCUT2D eigenvalue weighted by atomic mass is 9.67. The molecule has 0 atom stereocenters. The van der Waals surface area contributed by atoms with Gasteiger partial charge in [0.05, 0.1) is 22.1 Å². The summed E-state index contributed by atoms with van der Waals surface area (Å²) in [6.07, 6.45) is -3.76. The number of nitrogens with zero attached hydrogens (tertiary/aromatic N) is 3. The summed E-state index contributed by atoms with van der Waals surface area (Å²) in [5, 5.41) is 4.26. The minimum absolute atomic E-state index is 0.106. The molecule has 0 saturated carbocycles. The third-order valence-electron chi connectivity index (χ3n) is 11.3. The molecule has 0 aliphatic carbocycles. The molecule has 9 aromatic rings. The molecule has 7 aromatic carbocycles. The Morgan fingerprint density at radius 1 is 0.582 bits per heavy atom. The van der Waals surface area contributed by atoms with E-state index in [9.17, 15) is 5.48 Å². The molecule has 1 aliphatic heterocycles. The summed E-state index contributed by atoms with van der Waals surface area (Å²) in [6.45, 7) is 3.64. The number of hydrogen-bond donors (Lipinski definition) is 0. The molecule has 5 heteroatoms. The van der Waals surface area contributed by atoms with E-state index < -0.39 is 26.2 Å². The van der Waals surface area contributed by atoms with Gasteiger partial charge in [0, 0.05) is 27.7 Å². The average molecular weight is 734 g/mol. The molecular weight excluding hydrogens is 687 g/mol. The zero-order chi connectivity index (χ0) is 40.6. The van der Waals surface area contributed by atoms with Gasteiger partial charge in [-0.25, -0.2) is 4.98 Å². The van der Waals surface area contributed by atoms with Gasteiger partial charge < -0.3 is 4.74 Å². The van der Waals surface area contributed by atoms with Gasteiger partial charge in [0.15, 0.2) is 8.07 Å². The van der Waals surface area contributed by atoms with Crippen molar-refractivity contribution < 1.29 is 10.2 Å². The third kappa shape index (κ3) is 4.92. The number of hydrogen-bond acceptors (Lipinski definition) is 2. The molecule has 0 spiro atoms. The van der Waals surface area contributed by atoms with Gasteiger partial charge in [-0.2, -0.15) is 0 Å². The Bertz CT molecular complexity index is 2980. The predicted octanol–water partition coefficient (Wildman–Crippen LogP) is 9.80. The molecule has 4 nitrogen and oxygen atoms in total. The van der Waals surface area contributed by atoms with Gasteiger partial charge in [-0.15, -0.1) is 0 Å². The van der Waals surface area contributed by atoms with Gasteiger partial charge in [0.1, 0.15) is 11.5 Å². The first-order valence-electron chi connectivity index (χ1n) is 21.2. The van der Waals surface area contributed by atoms with Crippen LogP contribution in [-0.4, -0.2) is 22.0 Å². The minimum Gasteiger partial charge on any atom is -0.457 e. The van der Waals surface area contributed by atoms with E-state index in [1.165, 1.54) is 0 Å². The molecule has 0 bridgehead atoms. The van der Waals surface area contributed by atoms with Crippen molar-refractivity contribution in [1.82, 2.24) is 14.0 Å². The van der Waals surface area contributed by atoms with E-state index >= 15 is 0 Å². The van der Waals surface area contributed by atoms with Crippen molar-refractivity contribution in [2.75, 3.05) is 0 Å². The lowest BCUT2D eigenvalue weighted by Crippen LogP contribution is -2.75. The average Bonchev–Trinajstić information content (AvgIpc) is 3.81. The van der Waals surface area contributed by atoms with Crippen molar-refractivity contribution in [2.24, 2.45) is 0 Å². The zero-order valence-corrected chi connectivity index (χ0v) is 31.9. The zero-order valence-electron chi connectivity index (χ0n) is 34.9. The van der Waals surface area contributed by atoms with E-state index in [4.69, 9.17) is 9.72 Å². The van der Waals surface area contributed by atoms with Crippen LogP contribution >= 0.6 is 0 Å². The first-order chi connectivity index (χ1) is 28.7. The van der Waals surface area contributed by atoms with Crippen LogP contribution in [0, 0.1) is 0 Å². The summed E-state index contributed by atoms with van der Waals surface area (Å²) in [6, 6.07) is 60.3. The van der Waals surface area contributed by atoms with Gasteiger partial charge in [-0.05, 0) is 76.0 Å². The largest absolute Gasteiger partial charge is 0.457 e. The summed E-state index contributed by atoms with van der Waals surface area (Å²) in [5.74, 6) is 1.83. The van der Waals surface area contributed by atoms with Gasteiger partial charge in [-0.1, -0.05) is 160 Å². The van der Waals surface area contributed by atoms with Crippen molar-refractivity contribution in [2.45, 2.75) is 44.8 Å². The fourth-order valence-corrected chi connectivity index (χ4v) is 14.1. The maximum atomic E-state index is 9.81. The fourth-order valence-electron chi connectivity index (χ4n) is 9.16. The molecule has 10 rings (SSSR count). The molecule has 268 valence electrons. The first-order valence-corrected chi connectivity index (χ1v) is 21.2. The van der Waals surface area contributed by atoms with E-state index in [0.29, 0.717) is 22.6 Å². The highest BCUT2D eigenvalue weighted by Gasteiger charge is 2.48. The Kier molecular flexibility index (Phi) is 7.06. The predicted molar refractivity (Wildman–Crippen MR) is 230 cm³/mol. The molecule has 1 aliphatic rings. The molecular formula is C50H43N3OSi. The smallest absolute Gasteiger partial charge is 0.220 e. The van der Waals surface area contributed by atoms with E-state index in [-0.39, 0.29) is 12.8 Å². The number of fused-ring (bicyclic) bond motifs is 7. The van der Waals surface area contributed by atoms with Gasteiger partial charge >= 0.3 is 0 Å². The summed E-state index contributed by atoms with van der Waals surface area (Å²) >= 11 is 0. The van der Waals surface area contributed by atoms with Crippen LogP contribution in [0.1, 0.15) is 56.0 Å². The maximum absolute atomic E-state index is 9.81. The number of imidazole rings is 2. The Morgan fingerprint density at radius 2 is 1.16 bits per heavy atom. The standard InChI is InChI=1S/C50H43N3OSi/c1-3-33-50(34-4-2)40-25-11-16-31-46(40)54-48-41(50)26-18-32-47(48)55(37-20-7-5-8-21-37,38-22-9-6-10-23-38)39-24-17-19-36(35-39)52-44-29-14-15-30-45(44)53-43-28-13-12-27-42(43)51-49(52)53/h5-32,35H,3-4,33-34H2,1-2H3/i33D2,34D2. The van der Waals surface area contributed by atoms with Crippen LogP contribution in [0.15, 0.2) is 176 Å². The highest BCUT2D eigenvalue weighted by Crippen LogP contribution is 2.52. The third-order valence-corrected chi connectivity index (χ3v) is 16.0. The second-order valence-corrected chi connectivity index (χ2v) is 18.0. The lowest BCUT2D eigenvalue weighted by molar-refractivity contribution is 0.354. The lowest BCUT2D eigenvalue weighted by Gasteiger charge is -2.43. The molecule has 0 N–H and O–H groups in total. The summed E-state index contributed by atoms with van der Waals surface area (Å²) < 4.78 is 50.9. The molecule has 2 aromatic heterocycles. The van der Waals surface area contributed by atoms with Crippen LogP contribution in [0.25, 0.3) is 33.5 Å². The molecule has 0 unspecified atom stereocenters. The highest BCUT2D eigenvalue weighted by molar-refractivity contribution is 7.20. The summed E-state index contributed by atoms with van der Waals surface area (Å²) in [4.78, 5) is 5.20. The second-order valence-electron chi connectivity index (χ2n) is 14.2. The van der Waals surface area contributed by atoms with Gasteiger partial charge in [0.2, 0.25) is 5.78 Å². The van der Waals surface area contributed by atoms with Crippen LogP contribution in [-0.2, 0) is 5.41 Å². The van der Waals surface area contributed by atoms with Crippen molar-refractivity contribution in [3.63, 3.8) is 0 Å². The maximum Gasteiger partial charge on any atom is 0.220 e. The molecule has 55 heavy (non-hydrogen) atoms. The van der Waals surface area contributed by atoms with Gasteiger partial charge in [-0.3, -0.25) is 8.97 Å². The highest BCUT2D eigenvalue weighted by atomic mass is 28.3. The van der Waals surface area contributed by atoms with Crippen molar-refractivity contribution in [3.8, 4) is 17.2 Å². The van der Waals surface area contributed by atoms with Crippen LogP contribution in [0.2, 0.25) is 0 Å². The number of benzene rings is 7. The van der Waals surface area contributed by atoms with Crippen LogP contribution in [0.5, 0.6) is 11.5 Å². The second kappa shape index (κ2) is 13.3. The number of aromatic nitrogens is 3. The molecule has 0 saturated heterocycles. The number of ether oxygens (including phenoxy) is 1. The minimum atomic E-state index is -3.42. The van der Waals surface area contributed by atoms with E-state index in [1.807, 2.05) is 68.4 Å². The quantitative estimate of drug-likeness (QED) is 0.109. The van der Waals surface area contributed by atoms with Crippen molar-refractivity contribution in [1.29, 1.82) is 0 Å². The van der Waals surface area contributed by atoms with Crippen LogP contribution in [0.4, 0.5) is 0 Å². The van der Waals surface area contributed by atoms with Crippen molar-refractivity contribution >= 4 is 56.7 Å². The van der Waals surface area contributed by atoms with E-state index in [1.54, 1.807) is 0 Å². The SMILES string of the molecule is [2H]C([2H])(CC)C1(C([2H])([2H])CC)c2ccccc2Oc2c1cccc2[Si](c1ccccc1)(c1ccccc1)c1cccc(-n2c3ccccc3n3c4ccccc4nc23)c1.